The molecule has 0 bridgehead atoms. The number of methoxy groups -OCH3 is 1. The average Bonchev–Trinajstić information content (AvgIpc) is 3.15. The smallest absolute Gasteiger partial charge is 0.345 e. The number of anilines is 1. The molecule has 0 saturated heterocycles. The first-order valence-electron chi connectivity index (χ1n) is 9.63. The van der Waals surface area contributed by atoms with E-state index in [0.717, 1.165) is 10.8 Å². The maximum Gasteiger partial charge on any atom is 0.345 e. The van der Waals surface area contributed by atoms with E-state index in [4.69, 9.17) is 13.9 Å². The highest BCUT2D eigenvalue weighted by atomic mass is 16.6. The zero-order valence-corrected chi connectivity index (χ0v) is 17.2. The van der Waals surface area contributed by atoms with E-state index < -0.39 is 28.6 Å². The molecule has 4 rings (SSSR count). The minimum absolute atomic E-state index is 0.238. The summed E-state index contributed by atoms with van der Waals surface area (Å²) >= 11 is 0. The molecular weight excluding hydrogens is 416 g/mol. The summed E-state index contributed by atoms with van der Waals surface area (Å²) < 4.78 is 16.4. The third-order valence-corrected chi connectivity index (χ3v) is 4.93. The Morgan fingerprint density at radius 1 is 1.03 bits per heavy atom. The van der Waals surface area contributed by atoms with Crippen LogP contribution in [0.15, 0.2) is 65.1 Å². The quantitative estimate of drug-likeness (QED) is 0.265. The lowest BCUT2D eigenvalue weighted by molar-refractivity contribution is -0.385. The summed E-state index contributed by atoms with van der Waals surface area (Å²) in [4.78, 5) is 35.5. The molecule has 0 radical (unpaired) electrons. The van der Waals surface area contributed by atoms with Gasteiger partial charge in [0.05, 0.1) is 17.7 Å². The first-order chi connectivity index (χ1) is 15.4. The molecule has 1 unspecified atom stereocenters. The summed E-state index contributed by atoms with van der Waals surface area (Å²) in [6, 6.07) is 16.3. The maximum absolute atomic E-state index is 12.7. The molecule has 9 nitrogen and oxygen atoms in total. The fourth-order valence-electron chi connectivity index (χ4n) is 3.34. The van der Waals surface area contributed by atoms with E-state index in [9.17, 15) is 19.7 Å². The first kappa shape index (κ1) is 20.9. The normalized spacial score (nSPS) is 11.8. The van der Waals surface area contributed by atoms with Gasteiger partial charge in [0.2, 0.25) is 0 Å². The van der Waals surface area contributed by atoms with Crippen LogP contribution < -0.4 is 10.1 Å². The van der Waals surface area contributed by atoms with E-state index in [-0.39, 0.29) is 5.56 Å². The zero-order chi connectivity index (χ0) is 22.8. The van der Waals surface area contributed by atoms with Crippen molar-refractivity contribution in [3.63, 3.8) is 0 Å². The Labute approximate surface area is 181 Å². The van der Waals surface area contributed by atoms with Crippen molar-refractivity contribution in [3.8, 4) is 5.75 Å². The van der Waals surface area contributed by atoms with Gasteiger partial charge >= 0.3 is 5.97 Å². The number of nitro groups is 1. The van der Waals surface area contributed by atoms with Crippen LogP contribution in [-0.2, 0) is 9.53 Å². The number of carbonyl (C=O) groups excluding carboxylic acids is 2. The number of nitro benzene ring substituents is 1. The molecule has 0 aliphatic rings. The van der Waals surface area contributed by atoms with Gasteiger partial charge in [-0.15, -0.1) is 0 Å². The largest absolute Gasteiger partial charge is 0.495 e. The van der Waals surface area contributed by atoms with Crippen molar-refractivity contribution in [1.82, 2.24) is 0 Å². The van der Waals surface area contributed by atoms with Crippen molar-refractivity contribution in [1.29, 1.82) is 0 Å². The van der Waals surface area contributed by atoms with Gasteiger partial charge in [0.15, 0.2) is 6.10 Å². The number of furan rings is 1. The third kappa shape index (κ3) is 3.83. The minimum atomic E-state index is -1.22. The molecular formula is C23H18N2O7. The fraction of sp³-hybridized carbons (Fsp3) is 0.130. The maximum atomic E-state index is 12.7. The van der Waals surface area contributed by atoms with Crippen LogP contribution in [-0.4, -0.2) is 30.0 Å². The molecule has 1 amide bonds. The second-order valence-corrected chi connectivity index (χ2v) is 6.96. The van der Waals surface area contributed by atoms with Gasteiger partial charge in [0.1, 0.15) is 22.5 Å². The molecule has 1 aromatic heterocycles. The van der Waals surface area contributed by atoms with Crippen LogP contribution in [0.3, 0.4) is 0 Å². The van der Waals surface area contributed by atoms with Crippen LogP contribution in [0.2, 0.25) is 0 Å². The summed E-state index contributed by atoms with van der Waals surface area (Å²) in [6.45, 7) is 1.37. The van der Waals surface area contributed by atoms with E-state index in [1.807, 2.05) is 24.3 Å². The monoisotopic (exact) mass is 434 g/mol. The van der Waals surface area contributed by atoms with E-state index in [0.29, 0.717) is 22.6 Å². The molecule has 1 heterocycles. The van der Waals surface area contributed by atoms with E-state index >= 15 is 0 Å². The van der Waals surface area contributed by atoms with E-state index in [2.05, 4.69) is 5.32 Å². The number of hydrogen-bond donors (Lipinski definition) is 1. The number of esters is 1. The van der Waals surface area contributed by atoms with E-state index in [1.165, 1.54) is 38.3 Å². The van der Waals surface area contributed by atoms with Crippen LogP contribution in [0.25, 0.3) is 21.9 Å². The standard InChI is InChI=1S/C23H18N2O7/c1-13(31-23(27)15-8-3-5-9-18(15)25(28)29)22(26)24-17-12-20-16(11-21(17)30-2)14-7-4-6-10-19(14)32-20/h3-13H,1-2H3,(H,24,26). The van der Waals surface area contributed by atoms with Crippen molar-refractivity contribution >= 4 is 45.2 Å². The molecule has 1 N–H and O–H groups in total. The second kappa shape index (κ2) is 8.38. The summed E-state index contributed by atoms with van der Waals surface area (Å²) in [7, 11) is 1.47. The molecule has 162 valence electrons. The number of hydrogen-bond acceptors (Lipinski definition) is 7. The highest BCUT2D eigenvalue weighted by molar-refractivity contribution is 6.08. The Morgan fingerprint density at radius 3 is 2.50 bits per heavy atom. The molecule has 1 atom stereocenters. The number of ether oxygens (including phenoxy) is 2. The number of benzene rings is 3. The number of nitrogens with one attached hydrogen (secondary N) is 1. The van der Waals surface area contributed by atoms with Gasteiger partial charge in [0, 0.05) is 22.9 Å². The third-order valence-electron chi connectivity index (χ3n) is 4.93. The number of nitrogens with zero attached hydrogens (tertiary/aromatic N) is 1. The molecule has 0 fully saturated rings. The van der Waals surface area contributed by atoms with Crippen molar-refractivity contribution in [2.45, 2.75) is 13.0 Å². The molecule has 4 aromatic rings. The lowest BCUT2D eigenvalue weighted by Gasteiger charge is -2.15. The molecule has 0 saturated carbocycles. The predicted octanol–water partition coefficient (Wildman–Crippen LogP) is 4.69. The molecule has 0 aliphatic heterocycles. The average molecular weight is 434 g/mol. The van der Waals surface area contributed by atoms with Gasteiger partial charge in [-0.1, -0.05) is 30.3 Å². The first-order valence-corrected chi connectivity index (χ1v) is 9.63. The van der Waals surface area contributed by atoms with Crippen molar-refractivity contribution in [2.24, 2.45) is 0 Å². The number of rotatable bonds is 6. The van der Waals surface area contributed by atoms with Gasteiger partial charge < -0.3 is 19.2 Å². The van der Waals surface area contributed by atoms with Crippen molar-refractivity contribution < 1.29 is 28.4 Å². The summed E-state index contributed by atoms with van der Waals surface area (Å²) in [5, 5.41) is 15.5. The van der Waals surface area contributed by atoms with Crippen LogP contribution >= 0.6 is 0 Å². The fourth-order valence-corrected chi connectivity index (χ4v) is 3.34. The number of carbonyl (C=O) groups is 2. The zero-order valence-electron chi connectivity index (χ0n) is 17.2. The summed E-state index contributed by atoms with van der Waals surface area (Å²) in [5.41, 5.74) is 0.935. The highest BCUT2D eigenvalue weighted by Gasteiger charge is 2.25. The Kier molecular flexibility index (Phi) is 5.46. The number of para-hydroxylation sites is 2. The van der Waals surface area contributed by atoms with Gasteiger partial charge in [-0.3, -0.25) is 14.9 Å². The lowest BCUT2D eigenvalue weighted by atomic mass is 10.1. The second-order valence-electron chi connectivity index (χ2n) is 6.96. The Hall–Kier alpha value is -4.40. The van der Waals surface area contributed by atoms with Crippen LogP contribution in [0, 0.1) is 10.1 Å². The van der Waals surface area contributed by atoms with Crippen molar-refractivity contribution in [2.75, 3.05) is 12.4 Å². The molecule has 32 heavy (non-hydrogen) atoms. The Morgan fingerprint density at radius 2 is 1.75 bits per heavy atom. The van der Waals surface area contributed by atoms with Crippen LogP contribution in [0.1, 0.15) is 17.3 Å². The lowest BCUT2D eigenvalue weighted by Crippen LogP contribution is -2.30. The van der Waals surface area contributed by atoms with Crippen molar-refractivity contribution in [3.05, 3.63) is 76.3 Å². The van der Waals surface area contributed by atoms with Gasteiger partial charge in [0.25, 0.3) is 11.6 Å². The summed E-state index contributed by atoms with van der Waals surface area (Å²) in [6.07, 6.45) is -1.22. The topological polar surface area (TPSA) is 121 Å². The van der Waals surface area contributed by atoms with Gasteiger partial charge in [-0.25, -0.2) is 4.79 Å². The van der Waals surface area contributed by atoms with Crippen LogP contribution in [0.5, 0.6) is 5.75 Å². The molecule has 9 heteroatoms. The van der Waals surface area contributed by atoms with Gasteiger partial charge in [-0.05, 0) is 25.1 Å². The minimum Gasteiger partial charge on any atom is -0.495 e. The highest BCUT2D eigenvalue weighted by Crippen LogP contribution is 2.36. The molecule has 0 aliphatic carbocycles. The van der Waals surface area contributed by atoms with Crippen LogP contribution in [0.4, 0.5) is 11.4 Å². The predicted molar refractivity (Wildman–Crippen MR) is 117 cm³/mol. The Bertz CT molecular complexity index is 1360. The summed E-state index contributed by atoms with van der Waals surface area (Å²) in [5.74, 6) is -1.21. The number of fused-ring (bicyclic) bond motifs is 3. The Balaban J connectivity index is 1.56. The SMILES string of the molecule is COc1cc2c(cc1NC(=O)C(C)OC(=O)c1ccccc1[N+](=O)[O-])oc1ccccc12. The molecule has 0 spiro atoms. The van der Waals surface area contributed by atoms with E-state index in [1.54, 1.807) is 12.1 Å². The molecule has 3 aromatic carbocycles. The van der Waals surface area contributed by atoms with Gasteiger partial charge in [-0.2, -0.15) is 0 Å². The number of amides is 1.